The average molecular weight is 313 g/mol. The zero-order chi connectivity index (χ0) is 14.7. The zero-order valence-corrected chi connectivity index (χ0v) is 11.9. The summed E-state index contributed by atoms with van der Waals surface area (Å²) in [6, 6.07) is 7.67. The molecular weight excluding hydrogens is 303 g/mol. The SMILES string of the molecule is CNc1ccc([N+](=O)[O-])c(Nc2cc(Cl)ccc2Cl)n1. The number of nitrogens with one attached hydrogen (secondary N) is 2. The van der Waals surface area contributed by atoms with E-state index in [1.807, 2.05) is 0 Å². The Labute approximate surface area is 124 Å². The number of hydrogen-bond donors (Lipinski definition) is 2. The summed E-state index contributed by atoms with van der Waals surface area (Å²) in [6.45, 7) is 0. The molecule has 0 fully saturated rings. The Hall–Kier alpha value is -2.05. The third-order valence-corrected chi connectivity index (χ3v) is 3.07. The highest BCUT2D eigenvalue weighted by Gasteiger charge is 2.17. The summed E-state index contributed by atoms with van der Waals surface area (Å²) in [4.78, 5) is 14.6. The van der Waals surface area contributed by atoms with E-state index in [4.69, 9.17) is 23.2 Å². The first-order valence-corrected chi connectivity index (χ1v) is 6.32. The van der Waals surface area contributed by atoms with Gasteiger partial charge in [-0.1, -0.05) is 23.2 Å². The van der Waals surface area contributed by atoms with Crippen LogP contribution in [0.4, 0.5) is 23.0 Å². The van der Waals surface area contributed by atoms with Crippen molar-refractivity contribution in [2.24, 2.45) is 0 Å². The van der Waals surface area contributed by atoms with Gasteiger partial charge in [-0.2, -0.15) is 0 Å². The van der Waals surface area contributed by atoms with Gasteiger partial charge >= 0.3 is 5.69 Å². The topological polar surface area (TPSA) is 80.1 Å². The van der Waals surface area contributed by atoms with Gasteiger partial charge < -0.3 is 10.6 Å². The predicted molar refractivity (Wildman–Crippen MR) is 80.2 cm³/mol. The Kier molecular flexibility index (Phi) is 4.26. The molecule has 0 bridgehead atoms. The number of hydrogen-bond acceptors (Lipinski definition) is 5. The van der Waals surface area contributed by atoms with Gasteiger partial charge in [-0.3, -0.25) is 10.1 Å². The highest BCUT2D eigenvalue weighted by atomic mass is 35.5. The Morgan fingerprint density at radius 1 is 1.25 bits per heavy atom. The summed E-state index contributed by atoms with van der Waals surface area (Å²) in [5.41, 5.74) is 0.295. The minimum absolute atomic E-state index is 0.0889. The van der Waals surface area contributed by atoms with E-state index < -0.39 is 4.92 Å². The summed E-state index contributed by atoms with van der Waals surface area (Å²) in [5.74, 6) is 0.585. The predicted octanol–water partition coefficient (Wildman–Crippen LogP) is 4.08. The fourth-order valence-electron chi connectivity index (χ4n) is 1.55. The van der Waals surface area contributed by atoms with Crippen LogP contribution < -0.4 is 10.6 Å². The molecule has 0 radical (unpaired) electrons. The van der Waals surface area contributed by atoms with Crippen molar-refractivity contribution in [1.82, 2.24) is 4.98 Å². The van der Waals surface area contributed by atoms with Crippen LogP contribution in [-0.4, -0.2) is 17.0 Å². The molecule has 1 aromatic heterocycles. The van der Waals surface area contributed by atoms with Crippen LogP contribution in [0.3, 0.4) is 0 Å². The molecule has 0 spiro atoms. The van der Waals surface area contributed by atoms with Crippen LogP contribution >= 0.6 is 23.2 Å². The van der Waals surface area contributed by atoms with Crippen LogP contribution in [0.25, 0.3) is 0 Å². The smallest absolute Gasteiger partial charge is 0.311 e. The quantitative estimate of drug-likeness (QED) is 0.656. The molecule has 2 N–H and O–H groups in total. The molecule has 1 heterocycles. The molecular formula is C12H10Cl2N4O2. The van der Waals surface area contributed by atoms with Gasteiger partial charge in [-0.25, -0.2) is 4.98 Å². The number of pyridine rings is 1. The van der Waals surface area contributed by atoms with E-state index in [1.54, 1.807) is 25.2 Å². The van der Waals surface area contributed by atoms with E-state index >= 15 is 0 Å². The van der Waals surface area contributed by atoms with Gasteiger partial charge in [0.05, 0.1) is 15.6 Å². The zero-order valence-electron chi connectivity index (χ0n) is 10.4. The molecule has 0 aliphatic heterocycles. The number of nitrogens with zero attached hydrogens (tertiary/aromatic N) is 2. The van der Waals surface area contributed by atoms with Crippen LogP contribution in [0.5, 0.6) is 0 Å². The van der Waals surface area contributed by atoms with Gasteiger partial charge in [0.1, 0.15) is 5.82 Å². The third-order valence-electron chi connectivity index (χ3n) is 2.51. The molecule has 0 saturated carbocycles. The van der Waals surface area contributed by atoms with Gasteiger partial charge in [-0.15, -0.1) is 0 Å². The average Bonchev–Trinajstić information content (AvgIpc) is 2.42. The Bertz CT molecular complexity index is 664. The molecule has 0 atom stereocenters. The molecule has 8 heteroatoms. The van der Waals surface area contributed by atoms with Crippen molar-refractivity contribution in [1.29, 1.82) is 0 Å². The normalized spacial score (nSPS) is 10.2. The molecule has 0 unspecified atom stereocenters. The van der Waals surface area contributed by atoms with E-state index in [1.165, 1.54) is 12.1 Å². The first kappa shape index (κ1) is 14.4. The van der Waals surface area contributed by atoms with Crippen LogP contribution in [-0.2, 0) is 0 Å². The number of benzene rings is 1. The van der Waals surface area contributed by atoms with Gasteiger partial charge in [-0.05, 0) is 24.3 Å². The molecule has 20 heavy (non-hydrogen) atoms. The molecule has 0 saturated heterocycles. The highest BCUT2D eigenvalue weighted by Crippen LogP contribution is 2.32. The van der Waals surface area contributed by atoms with Gasteiger partial charge in [0.25, 0.3) is 0 Å². The van der Waals surface area contributed by atoms with Crippen LogP contribution in [0.2, 0.25) is 10.0 Å². The standard InChI is InChI=1S/C12H10Cl2N4O2/c1-15-11-5-4-10(18(19)20)12(17-11)16-9-6-7(13)2-3-8(9)14/h2-6H,1H3,(H2,15,16,17). The maximum absolute atomic E-state index is 11.0. The molecule has 104 valence electrons. The summed E-state index contributed by atoms with van der Waals surface area (Å²) in [5, 5.41) is 17.5. The lowest BCUT2D eigenvalue weighted by atomic mass is 10.3. The van der Waals surface area contributed by atoms with Crippen molar-refractivity contribution in [2.75, 3.05) is 17.7 Å². The first-order chi connectivity index (χ1) is 9.51. The van der Waals surface area contributed by atoms with E-state index in [9.17, 15) is 10.1 Å². The van der Waals surface area contributed by atoms with Crippen LogP contribution in [0, 0.1) is 10.1 Å². The second kappa shape index (κ2) is 5.94. The van der Waals surface area contributed by atoms with Crippen molar-refractivity contribution >= 4 is 46.2 Å². The van der Waals surface area contributed by atoms with Gasteiger partial charge in [0, 0.05) is 18.1 Å². The third kappa shape index (κ3) is 3.09. The lowest BCUT2D eigenvalue weighted by Crippen LogP contribution is -2.02. The number of aromatic nitrogens is 1. The highest BCUT2D eigenvalue weighted by molar-refractivity contribution is 6.35. The maximum Gasteiger partial charge on any atom is 0.311 e. The Balaban J connectivity index is 2.45. The van der Waals surface area contributed by atoms with Crippen molar-refractivity contribution in [3.05, 3.63) is 50.5 Å². The molecule has 0 aliphatic carbocycles. The first-order valence-electron chi connectivity index (χ1n) is 5.56. The fourth-order valence-corrected chi connectivity index (χ4v) is 1.89. The monoisotopic (exact) mass is 312 g/mol. The maximum atomic E-state index is 11.0. The lowest BCUT2D eigenvalue weighted by molar-refractivity contribution is -0.384. The number of nitro groups is 1. The Morgan fingerprint density at radius 3 is 2.65 bits per heavy atom. The lowest BCUT2D eigenvalue weighted by Gasteiger charge is -2.09. The number of anilines is 3. The summed E-state index contributed by atoms with van der Waals surface area (Å²) >= 11 is 11.9. The molecule has 0 aliphatic rings. The molecule has 1 aromatic carbocycles. The van der Waals surface area contributed by atoms with Gasteiger partial charge in [0.15, 0.2) is 0 Å². The second-order valence-electron chi connectivity index (χ2n) is 3.82. The fraction of sp³-hybridized carbons (Fsp3) is 0.0833. The summed E-state index contributed by atoms with van der Waals surface area (Å²) in [7, 11) is 1.67. The molecule has 0 amide bonds. The molecule has 2 aromatic rings. The summed E-state index contributed by atoms with van der Waals surface area (Å²) < 4.78 is 0. The van der Waals surface area contributed by atoms with E-state index in [2.05, 4.69) is 15.6 Å². The van der Waals surface area contributed by atoms with Crippen molar-refractivity contribution in [2.45, 2.75) is 0 Å². The number of halogens is 2. The van der Waals surface area contributed by atoms with E-state index in [0.717, 1.165) is 0 Å². The van der Waals surface area contributed by atoms with E-state index in [0.29, 0.717) is 21.6 Å². The van der Waals surface area contributed by atoms with Crippen molar-refractivity contribution in [3.63, 3.8) is 0 Å². The number of rotatable bonds is 4. The summed E-state index contributed by atoms with van der Waals surface area (Å²) in [6.07, 6.45) is 0. The molecule has 2 rings (SSSR count). The van der Waals surface area contributed by atoms with E-state index in [-0.39, 0.29) is 11.5 Å². The minimum Gasteiger partial charge on any atom is -0.373 e. The van der Waals surface area contributed by atoms with Gasteiger partial charge in [0.2, 0.25) is 5.82 Å². The van der Waals surface area contributed by atoms with Crippen molar-refractivity contribution in [3.8, 4) is 0 Å². The van der Waals surface area contributed by atoms with Crippen LogP contribution in [0.15, 0.2) is 30.3 Å². The molecule has 6 nitrogen and oxygen atoms in total. The largest absolute Gasteiger partial charge is 0.373 e. The minimum atomic E-state index is -0.521. The Morgan fingerprint density at radius 2 is 2.00 bits per heavy atom. The van der Waals surface area contributed by atoms with Crippen LogP contribution in [0.1, 0.15) is 0 Å². The second-order valence-corrected chi connectivity index (χ2v) is 4.66. The van der Waals surface area contributed by atoms with Crippen molar-refractivity contribution < 1.29 is 4.92 Å².